The number of hydrogen-bond donors (Lipinski definition) is 1. The Labute approximate surface area is 123 Å². The van der Waals surface area contributed by atoms with Crippen molar-refractivity contribution in [3.05, 3.63) is 39.4 Å². The summed E-state index contributed by atoms with van der Waals surface area (Å²) in [5.41, 5.74) is 1.10. The molecule has 1 N–H and O–H groups in total. The van der Waals surface area contributed by atoms with Crippen molar-refractivity contribution in [3.8, 4) is 0 Å². The Morgan fingerprint density at radius 2 is 2.29 bits per heavy atom. The highest BCUT2D eigenvalue weighted by Gasteiger charge is 2.31. The second-order valence-electron chi connectivity index (χ2n) is 5.64. The third-order valence-corrected chi connectivity index (χ3v) is 3.90. The summed E-state index contributed by atoms with van der Waals surface area (Å²) in [5, 5.41) is 20.3. The fraction of sp³-hybridized carbons (Fsp3) is 0.533. The van der Waals surface area contributed by atoms with Crippen LogP contribution < -0.4 is 0 Å². The molecule has 1 amide bonds. The number of amides is 1. The molecule has 21 heavy (non-hydrogen) atoms. The molecule has 0 bridgehead atoms. The van der Waals surface area contributed by atoms with Crippen molar-refractivity contribution in [2.45, 2.75) is 45.3 Å². The van der Waals surface area contributed by atoms with Crippen LogP contribution in [-0.4, -0.2) is 39.5 Å². The average Bonchev–Trinajstić information content (AvgIpc) is 2.85. The third kappa shape index (κ3) is 3.39. The lowest BCUT2D eigenvalue weighted by molar-refractivity contribution is -0.384. The van der Waals surface area contributed by atoms with E-state index in [9.17, 15) is 20.0 Å². The fourth-order valence-corrected chi connectivity index (χ4v) is 2.90. The van der Waals surface area contributed by atoms with Gasteiger partial charge in [0, 0.05) is 30.3 Å². The molecule has 6 nitrogen and oxygen atoms in total. The Morgan fingerprint density at radius 1 is 1.57 bits per heavy atom. The predicted molar refractivity (Wildman–Crippen MR) is 78.2 cm³/mol. The molecule has 0 aromatic heterocycles. The first kappa shape index (κ1) is 15.4. The van der Waals surface area contributed by atoms with Gasteiger partial charge < -0.3 is 10.0 Å². The number of aryl methyl sites for hydroxylation is 1. The minimum atomic E-state index is -0.465. The molecule has 1 aliphatic rings. The van der Waals surface area contributed by atoms with Gasteiger partial charge in [-0.05, 0) is 44.7 Å². The summed E-state index contributed by atoms with van der Waals surface area (Å²) in [6.07, 6.45) is 1.94. The van der Waals surface area contributed by atoms with Crippen molar-refractivity contribution in [3.63, 3.8) is 0 Å². The lowest BCUT2D eigenvalue weighted by Crippen LogP contribution is -2.37. The smallest absolute Gasteiger partial charge is 0.269 e. The number of benzene rings is 1. The van der Waals surface area contributed by atoms with Gasteiger partial charge in [0.25, 0.3) is 11.6 Å². The monoisotopic (exact) mass is 292 g/mol. The number of non-ortho nitro benzene ring substituents is 1. The van der Waals surface area contributed by atoms with E-state index in [0.717, 1.165) is 12.8 Å². The van der Waals surface area contributed by atoms with Crippen LogP contribution in [0.1, 0.15) is 42.1 Å². The van der Waals surface area contributed by atoms with Crippen LogP contribution in [0, 0.1) is 17.0 Å². The molecule has 2 rings (SSSR count). The topological polar surface area (TPSA) is 83.7 Å². The number of nitrogens with zero attached hydrogens (tertiary/aromatic N) is 2. The highest BCUT2D eigenvalue weighted by molar-refractivity contribution is 5.96. The molecular formula is C15H20N2O4. The van der Waals surface area contributed by atoms with E-state index >= 15 is 0 Å². The first-order valence-corrected chi connectivity index (χ1v) is 7.14. The molecule has 0 radical (unpaired) electrons. The maximum absolute atomic E-state index is 12.6. The van der Waals surface area contributed by atoms with Gasteiger partial charge in [-0.1, -0.05) is 0 Å². The number of aliphatic hydroxyl groups excluding tert-OH is 1. The molecule has 1 aromatic rings. The SMILES string of the molecule is Cc1cc([N+](=O)[O-])ccc1C(=O)N1CCC[C@@H]1C[C@@H](C)O. The van der Waals surface area contributed by atoms with Gasteiger partial charge in [-0.3, -0.25) is 14.9 Å². The summed E-state index contributed by atoms with van der Waals surface area (Å²) in [6.45, 7) is 4.10. The second-order valence-corrected chi connectivity index (χ2v) is 5.64. The summed E-state index contributed by atoms with van der Waals surface area (Å²) in [6, 6.07) is 4.35. The van der Waals surface area contributed by atoms with Gasteiger partial charge in [0.15, 0.2) is 0 Å². The third-order valence-electron chi connectivity index (χ3n) is 3.90. The molecule has 2 atom stereocenters. The lowest BCUT2D eigenvalue weighted by Gasteiger charge is -2.26. The van der Waals surface area contributed by atoms with E-state index < -0.39 is 11.0 Å². The van der Waals surface area contributed by atoms with Gasteiger partial charge in [-0.25, -0.2) is 0 Å². The minimum absolute atomic E-state index is 0.00833. The van der Waals surface area contributed by atoms with E-state index in [4.69, 9.17) is 0 Å². The number of likely N-dealkylation sites (tertiary alicyclic amines) is 1. The van der Waals surface area contributed by atoms with E-state index in [-0.39, 0.29) is 17.6 Å². The van der Waals surface area contributed by atoms with Gasteiger partial charge in [0.05, 0.1) is 11.0 Å². The molecule has 0 spiro atoms. The first-order valence-electron chi connectivity index (χ1n) is 7.14. The van der Waals surface area contributed by atoms with Crippen molar-refractivity contribution in [1.82, 2.24) is 4.90 Å². The summed E-state index contributed by atoms with van der Waals surface area (Å²) in [7, 11) is 0. The van der Waals surface area contributed by atoms with E-state index in [2.05, 4.69) is 0 Å². The molecule has 0 aliphatic carbocycles. The van der Waals surface area contributed by atoms with Crippen molar-refractivity contribution in [2.24, 2.45) is 0 Å². The molecule has 1 heterocycles. The maximum atomic E-state index is 12.6. The molecule has 1 fully saturated rings. The number of carbonyl (C=O) groups excluding carboxylic acids is 1. The molecule has 1 aromatic carbocycles. The van der Waals surface area contributed by atoms with Gasteiger partial charge in [0.1, 0.15) is 0 Å². The van der Waals surface area contributed by atoms with E-state index in [1.54, 1.807) is 18.7 Å². The quantitative estimate of drug-likeness (QED) is 0.681. The predicted octanol–water partition coefficient (Wildman–Crippen LogP) is 2.28. The number of hydrogen-bond acceptors (Lipinski definition) is 4. The molecule has 0 unspecified atom stereocenters. The Morgan fingerprint density at radius 3 is 2.86 bits per heavy atom. The Hall–Kier alpha value is -1.95. The van der Waals surface area contributed by atoms with Gasteiger partial charge in [0.2, 0.25) is 0 Å². The normalized spacial score (nSPS) is 19.6. The summed E-state index contributed by atoms with van der Waals surface area (Å²) >= 11 is 0. The van der Waals surface area contributed by atoms with Crippen LogP contribution in [0.4, 0.5) is 5.69 Å². The fourth-order valence-electron chi connectivity index (χ4n) is 2.90. The molecular weight excluding hydrogens is 272 g/mol. The van der Waals surface area contributed by atoms with Crippen molar-refractivity contribution in [2.75, 3.05) is 6.54 Å². The molecule has 1 saturated heterocycles. The van der Waals surface area contributed by atoms with Crippen LogP contribution in [0.25, 0.3) is 0 Å². The summed E-state index contributed by atoms with van der Waals surface area (Å²) < 4.78 is 0. The van der Waals surface area contributed by atoms with Crippen molar-refractivity contribution in [1.29, 1.82) is 0 Å². The van der Waals surface area contributed by atoms with Gasteiger partial charge >= 0.3 is 0 Å². The summed E-state index contributed by atoms with van der Waals surface area (Å²) in [4.78, 5) is 24.7. The zero-order chi connectivity index (χ0) is 15.6. The molecule has 0 saturated carbocycles. The zero-order valence-electron chi connectivity index (χ0n) is 12.3. The minimum Gasteiger partial charge on any atom is -0.393 e. The van der Waals surface area contributed by atoms with Crippen LogP contribution in [0.2, 0.25) is 0 Å². The van der Waals surface area contributed by atoms with Gasteiger partial charge in [-0.2, -0.15) is 0 Å². The largest absolute Gasteiger partial charge is 0.393 e. The highest BCUT2D eigenvalue weighted by atomic mass is 16.6. The molecule has 114 valence electrons. The standard InChI is InChI=1S/C15H20N2O4/c1-10-8-13(17(20)21)5-6-14(10)15(19)16-7-3-4-12(16)9-11(2)18/h5-6,8,11-12,18H,3-4,7,9H2,1-2H3/t11-,12-/m1/s1. The van der Waals surface area contributed by atoms with E-state index in [1.807, 2.05) is 0 Å². The first-order chi connectivity index (χ1) is 9.90. The summed E-state index contributed by atoms with van der Waals surface area (Å²) in [5.74, 6) is -0.106. The second kappa shape index (κ2) is 6.22. The Balaban J connectivity index is 2.21. The van der Waals surface area contributed by atoms with Crippen LogP contribution in [0.15, 0.2) is 18.2 Å². The van der Waals surface area contributed by atoms with Crippen molar-refractivity contribution < 1.29 is 14.8 Å². The lowest BCUT2D eigenvalue weighted by atomic mass is 10.0. The van der Waals surface area contributed by atoms with Gasteiger partial charge in [-0.15, -0.1) is 0 Å². The van der Waals surface area contributed by atoms with Crippen LogP contribution in [0.3, 0.4) is 0 Å². The van der Waals surface area contributed by atoms with Crippen LogP contribution >= 0.6 is 0 Å². The highest BCUT2D eigenvalue weighted by Crippen LogP contribution is 2.26. The van der Waals surface area contributed by atoms with Crippen LogP contribution in [0.5, 0.6) is 0 Å². The number of nitro groups is 1. The van der Waals surface area contributed by atoms with Crippen molar-refractivity contribution >= 4 is 11.6 Å². The number of carbonyl (C=O) groups is 1. The van der Waals surface area contributed by atoms with E-state index in [1.165, 1.54) is 18.2 Å². The Bertz CT molecular complexity index is 557. The zero-order valence-corrected chi connectivity index (χ0v) is 12.3. The number of nitro benzene ring substituents is 1. The van der Waals surface area contributed by atoms with Crippen LogP contribution in [-0.2, 0) is 0 Å². The molecule has 1 aliphatic heterocycles. The van der Waals surface area contributed by atoms with E-state index in [0.29, 0.717) is 24.1 Å². The number of aliphatic hydroxyl groups is 1. The average molecular weight is 292 g/mol. The molecule has 6 heteroatoms. The Kier molecular flexibility index (Phi) is 4.57. The maximum Gasteiger partial charge on any atom is 0.269 e. The number of rotatable bonds is 4.